The van der Waals surface area contributed by atoms with Crippen molar-refractivity contribution in [3.63, 3.8) is 0 Å². The van der Waals surface area contributed by atoms with Crippen LogP contribution in [0, 0.1) is 22.7 Å². The van der Waals surface area contributed by atoms with Crippen LogP contribution in [0.1, 0.15) is 11.1 Å². The van der Waals surface area contributed by atoms with Gasteiger partial charge in [-0.15, -0.1) is 0 Å². The number of nitrogens with zero attached hydrogens (tertiary/aromatic N) is 2. The van der Waals surface area contributed by atoms with Crippen molar-refractivity contribution < 1.29 is 0 Å². The average Bonchev–Trinajstić information content (AvgIpc) is 3.72. The third-order valence-corrected chi connectivity index (χ3v) is 11.9. The predicted octanol–water partition coefficient (Wildman–Crippen LogP) is 14.0. The Balaban J connectivity index is 1.41. The van der Waals surface area contributed by atoms with Gasteiger partial charge in [0, 0.05) is 0 Å². The number of nitriles is 2. The van der Waals surface area contributed by atoms with Crippen molar-refractivity contribution in [1.82, 2.24) is 0 Å². The standard InChI is InChI=1S/C52H26N2/c53-27-29-9-5-13-33(21-29)47-45-26-42-41(39-19-7-17-37-35-15-3-1-11-31(35)23-43(42)49(37)39)25-44(45)48(34-14-6-10-30(22-34)28-54)52-46-24-32-12-2-4-16-36(32)38-18-8-20-40(50(38)46)51(47)52/h1-26H. The lowest BCUT2D eigenvalue weighted by atomic mass is 9.85. The van der Waals surface area contributed by atoms with Crippen molar-refractivity contribution in [2.75, 3.05) is 0 Å². The number of hydrogen-bond acceptors (Lipinski definition) is 2. The summed E-state index contributed by atoms with van der Waals surface area (Å²) >= 11 is 0. The lowest BCUT2D eigenvalue weighted by molar-refractivity contribution is 1.48. The van der Waals surface area contributed by atoms with Crippen molar-refractivity contribution in [3.8, 4) is 34.4 Å². The number of hydrogen-bond donors (Lipinski definition) is 0. The van der Waals surface area contributed by atoms with Crippen LogP contribution in [0.25, 0.3) is 119 Å². The second-order valence-electron chi connectivity index (χ2n) is 14.6. The van der Waals surface area contributed by atoms with Gasteiger partial charge in [0.25, 0.3) is 0 Å². The minimum absolute atomic E-state index is 0.629. The van der Waals surface area contributed by atoms with Crippen LogP contribution < -0.4 is 0 Å². The van der Waals surface area contributed by atoms with E-state index in [1.165, 1.54) is 86.2 Å². The highest BCUT2D eigenvalue weighted by atomic mass is 14.3. The summed E-state index contributed by atoms with van der Waals surface area (Å²) in [4.78, 5) is 0. The van der Waals surface area contributed by atoms with Crippen LogP contribution in [-0.4, -0.2) is 0 Å². The molecule has 0 amide bonds. The molecule has 12 aromatic carbocycles. The zero-order valence-electron chi connectivity index (χ0n) is 28.9. The van der Waals surface area contributed by atoms with Gasteiger partial charge in [-0.1, -0.05) is 109 Å². The molecule has 0 saturated carbocycles. The molecular weight excluding hydrogens is 653 g/mol. The van der Waals surface area contributed by atoms with Crippen LogP contribution in [0.4, 0.5) is 0 Å². The molecule has 54 heavy (non-hydrogen) atoms. The van der Waals surface area contributed by atoms with E-state index in [-0.39, 0.29) is 0 Å². The summed E-state index contributed by atoms with van der Waals surface area (Å²) in [5, 5.41) is 42.1. The van der Waals surface area contributed by atoms with Crippen molar-refractivity contribution >= 4 is 97.0 Å². The van der Waals surface area contributed by atoms with Crippen LogP contribution in [-0.2, 0) is 0 Å². The maximum atomic E-state index is 10.2. The van der Waals surface area contributed by atoms with Crippen LogP contribution >= 0.6 is 0 Å². The Morgan fingerprint density at radius 1 is 0.278 bits per heavy atom. The Hall–Kier alpha value is -7.52. The zero-order valence-corrected chi connectivity index (χ0v) is 28.9. The van der Waals surface area contributed by atoms with E-state index in [0.29, 0.717) is 11.1 Å². The highest BCUT2D eigenvalue weighted by molar-refractivity contribution is 6.44. The topological polar surface area (TPSA) is 47.6 Å². The summed E-state index contributed by atoms with van der Waals surface area (Å²) < 4.78 is 0. The molecular formula is C52H26N2. The van der Waals surface area contributed by atoms with Gasteiger partial charge >= 0.3 is 0 Å². The zero-order chi connectivity index (χ0) is 35.7. The van der Waals surface area contributed by atoms with Gasteiger partial charge in [-0.05, 0) is 168 Å². The number of rotatable bonds is 2. The summed E-state index contributed by atoms with van der Waals surface area (Å²) in [7, 11) is 0. The van der Waals surface area contributed by atoms with E-state index < -0.39 is 0 Å². The van der Waals surface area contributed by atoms with Gasteiger partial charge in [0.1, 0.15) is 0 Å². The van der Waals surface area contributed by atoms with E-state index in [0.717, 1.165) is 33.0 Å². The molecule has 0 heterocycles. The van der Waals surface area contributed by atoms with Crippen molar-refractivity contribution in [3.05, 3.63) is 169 Å². The molecule has 0 atom stereocenters. The van der Waals surface area contributed by atoms with Crippen LogP contribution in [0.2, 0.25) is 0 Å². The van der Waals surface area contributed by atoms with Gasteiger partial charge in [-0.25, -0.2) is 0 Å². The maximum Gasteiger partial charge on any atom is 0.0991 e. The Morgan fingerprint density at radius 2 is 0.704 bits per heavy atom. The Kier molecular flexibility index (Phi) is 5.67. The van der Waals surface area contributed by atoms with Gasteiger partial charge in [0.05, 0.1) is 23.3 Å². The summed E-state index contributed by atoms with van der Waals surface area (Å²) in [5.41, 5.74) is 5.54. The largest absolute Gasteiger partial charge is 0.192 e. The quantitative estimate of drug-likeness (QED) is 0.171. The number of fused-ring (bicyclic) bond motifs is 11. The van der Waals surface area contributed by atoms with Crippen LogP contribution in [0.3, 0.4) is 0 Å². The van der Waals surface area contributed by atoms with Gasteiger partial charge in [0.15, 0.2) is 0 Å². The molecule has 0 aromatic heterocycles. The van der Waals surface area contributed by atoms with Crippen molar-refractivity contribution in [2.45, 2.75) is 0 Å². The fourth-order valence-electron chi connectivity index (χ4n) is 9.77. The smallest absolute Gasteiger partial charge is 0.0991 e. The normalized spacial score (nSPS) is 12.0. The van der Waals surface area contributed by atoms with Gasteiger partial charge in [0.2, 0.25) is 0 Å². The molecule has 0 radical (unpaired) electrons. The van der Waals surface area contributed by atoms with E-state index in [4.69, 9.17) is 0 Å². The lowest BCUT2D eigenvalue weighted by Crippen LogP contribution is -1.91. The Labute approximate surface area is 309 Å². The molecule has 2 nitrogen and oxygen atoms in total. The molecule has 0 N–H and O–H groups in total. The molecule has 0 bridgehead atoms. The van der Waals surface area contributed by atoms with Gasteiger partial charge in [-0.2, -0.15) is 10.5 Å². The van der Waals surface area contributed by atoms with Crippen LogP contribution in [0.15, 0.2) is 158 Å². The Morgan fingerprint density at radius 3 is 1.28 bits per heavy atom. The first-order valence-corrected chi connectivity index (χ1v) is 18.3. The first-order valence-electron chi connectivity index (χ1n) is 18.3. The summed E-state index contributed by atoms with van der Waals surface area (Å²) in [6.07, 6.45) is 0. The molecule has 12 aromatic rings. The molecule has 0 aliphatic heterocycles. The summed E-state index contributed by atoms with van der Waals surface area (Å²) in [6.45, 7) is 0. The lowest BCUT2D eigenvalue weighted by Gasteiger charge is -2.18. The van der Waals surface area contributed by atoms with E-state index >= 15 is 0 Å². The second kappa shape index (κ2) is 10.5. The Bertz CT molecular complexity index is 3690. The molecule has 0 fully saturated rings. The molecule has 244 valence electrons. The number of benzene rings is 10. The summed E-state index contributed by atoms with van der Waals surface area (Å²) in [5.74, 6) is 0. The molecule has 0 aliphatic carbocycles. The third kappa shape index (κ3) is 3.71. The molecule has 12 rings (SSSR count). The summed E-state index contributed by atoms with van der Waals surface area (Å²) in [6, 6.07) is 61.3. The highest BCUT2D eigenvalue weighted by Gasteiger charge is 2.26. The maximum absolute atomic E-state index is 10.2. The van der Waals surface area contributed by atoms with E-state index in [1.807, 2.05) is 36.4 Å². The minimum atomic E-state index is 0.629. The first-order chi connectivity index (χ1) is 26.7. The molecule has 2 heteroatoms. The minimum Gasteiger partial charge on any atom is -0.192 e. The van der Waals surface area contributed by atoms with Crippen molar-refractivity contribution in [1.29, 1.82) is 10.5 Å². The van der Waals surface area contributed by atoms with E-state index in [9.17, 15) is 10.5 Å². The third-order valence-electron chi connectivity index (χ3n) is 11.9. The second-order valence-corrected chi connectivity index (χ2v) is 14.6. The van der Waals surface area contributed by atoms with Gasteiger partial charge in [-0.3, -0.25) is 0 Å². The monoisotopic (exact) mass is 678 g/mol. The van der Waals surface area contributed by atoms with E-state index in [2.05, 4.69) is 133 Å². The molecule has 0 unspecified atom stereocenters. The predicted molar refractivity (Wildman–Crippen MR) is 227 cm³/mol. The van der Waals surface area contributed by atoms with E-state index in [1.54, 1.807) is 0 Å². The van der Waals surface area contributed by atoms with Crippen molar-refractivity contribution in [2.24, 2.45) is 0 Å². The first kappa shape index (κ1) is 29.1. The average molecular weight is 679 g/mol. The molecule has 0 aliphatic rings. The molecule has 0 spiro atoms. The SMILES string of the molecule is N#Cc1cccc(-c2c3cc4c(cc3c(-c3cccc(C#N)c3)c3c5cc6ccccc6c6cccc(c23)c65)c2cccc3c5ccccc5cc4c32)c1. The fourth-order valence-corrected chi connectivity index (χ4v) is 9.77. The highest BCUT2D eigenvalue weighted by Crippen LogP contribution is 2.54. The van der Waals surface area contributed by atoms with Crippen LogP contribution in [0.5, 0.6) is 0 Å². The fraction of sp³-hybridized carbons (Fsp3) is 0. The molecule has 0 saturated heterocycles. The van der Waals surface area contributed by atoms with Gasteiger partial charge < -0.3 is 0 Å².